The average molecular weight is 262 g/mol. The highest BCUT2D eigenvalue weighted by Gasteiger charge is 2.17. The zero-order chi connectivity index (χ0) is 12.2. The maximum atomic E-state index is 5.61. The molecule has 0 N–H and O–H groups in total. The average Bonchev–Trinajstić information content (AvgIpc) is 3.09. The lowest BCUT2D eigenvalue weighted by molar-refractivity contribution is 0.128. The number of hydrogen-bond acceptors (Lipinski definition) is 5. The molecule has 18 heavy (non-hydrogen) atoms. The van der Waals surface area contributed by atoms with Crippen molar-refractivity contribution in [3.05, 3.63) is 30.3 Å². The Bertz CT molecular complexity index is 495. The van der Waals surface area contributed by atoms with E-state index in [9.17, 15) is 0 Å². The van der Waals surface area contributed by atoms with Crippen LogP contribution in [0.5, 0.6) is 0 Å². The molecule has 1 atom stereocenters. The molecule has 1 saturated heterocycles. The molecule has 1 unspecified atom stereocenters. The van der Waals surface area contributed by atoms with E-state index in [0.29, 0.717) is 17.2 Å². The van der Waals surface area contributed by atoms with Gasteiger partial charge in [0.15, 0.2) is 0 Å². The predicted molar refractivity (Wildman–Crippen MR) is 69.4 cm³/mol. The van der Waals surface area contributed by atoms with Crippen molar-refractivity contribution in [1.82, 2.24) is 10.2 Å². The Labute approximate surface area is 110 Å². The van der Waals surface area contributed by atoms with E-state index in [4.69, 9.17) is 9.15 Å². The molecule has 1 aliphatic heterocycles. The number of benzene rings is 1. The molecular weight excluding hydrogens is 248 g/mol. The third kappa shape index (κ3) is 2.73. The van der Waals surface area contributed by atoms with Gasteiger partial charge in [-0.2, -0.15) is 0 Å². The predicted octanol–water partition coefficient (Wildman–Crippen LogP) is 3.01. The Hall–Kier alpha value is -1.33. The maximum Gasteiger partial charge on any atom is 0.276 e. The van der Waals surface area contributed by atoms with Crippen molar-refractivity contribution in [2.24, 2.45) is 0 Å². The molecule has 0 aliphatic carbocycles. The van der Waals surface area contributed by atoms with Gasteiger partial charge in [0, 0.05) is 17.9 Å². The molecule has 1 aliphatic rings. The molecule has 3 rings (SSSR count). The number of aromatic nitrogens is 2. The van der Waals surface area contributed by atoms with E-state index in [1.54, 1.807) is 11.8 Å². The summed E-state index contributed by atoms with van der Waals surface area (Å²) in [6.07, 6.45) is 2.62. The van der Waals surface area contributed by atoms with Gasteiger partial charge in [-0.15, -0.1) is 10.2 Å². The summed E-state index contributed by atoms with van der Waals surface area (Å²) < 4.78 is 11.2. The van der Waals surface area contributed by atoms with Gasteiger partial charge in [0.25, 0.3) is 5.22 Å². The third-order valence-electron chi connectivity index (χ3n) is 2.84. The van der Waals surface area contributed by atoms with E-state index < -0.39 is 0 Å². The monoisotopic (exact) mass is 262 g/mol. The van der Waals surface area contributed by atoms with Crippen molar-refractivity contribution >= 4 is 11.8 Å². The topological polar surface area (TPSA) is 48.2 Å². The van der Waals surface area contributed by atoms with Crippen LogP contribution in [0.15, 0.2) is 40.0 Å². The van der Waals surface area contributed by atoms with Crippen molar-refractivity contribution in [3.8, 4) is 11.5 Å². The van der Waals surface area contributed by atoms with Crippen molar-refractivity contribution in [3.63, 3.8) is 0 Å². The summed E-state index contributed by atoms with van der Waals surface area (Å²) in [7, 11) is 0. The summed E-state index contributed by atoms with van der Waals surface area (Å²) in [5, 5.41) is 8.71. The van der Waals surface area contributed by atoms with E-state index >= 15 is 0 Å². The molecule has 1 fully saturated rings. The van der Waals surface area contributed by atoms with Crippen LogP contribution in [0.2, 0.25) is 0 Å². The molecule has 0 saturated carbocycles. The Morgan fingerprint density at radius 2 is 2.11 bits per heavy atom. The van der Waals surface area contributed by atoms with Gasteiger partial charge < -0.3 is 9.15 Å². The van der Waals surface area contributed by atoms with Crippen molar-refractivity contribution in [2.45, 2.75) is 24.2 Å². The molecular formula is C13H14N2O2S. The number of hydrogen-bond donors (Lipinski definition) is 0. The second kappa shape index (κ2) is 5.54. The lowest BCUT2D eigenvalue weighted by Crippen LogP contribution is -2.07. The van der Waals surface area contributed by atoms with Crippen LogP contribution in [-0.4, -0.2) is 28.7 Å². The minimum Gasteiger partial charge on any atom is -0.411 e. The van der Waals surface area contributed by atoms with Gasteiger partial charge in [0.2, 0.25) is 5.89 Å². The number of thioether (sulfide) groups is 1. The standard InChI is InChI=1S/C13H14N2O2S/c1-2-5-10(6-3-1)12-14-15-13(17-12)18-9-11-7-4-8-16-11/h1-3,5-6,11H,4,7-9H2. The Morgan fingerprint density at radius 3 is 2.89 bits per heavy atom. The Morgan fingerprint density at radius 1 is 1.22 bits per heavy atom. The number of rotatable bonds is 4. The van der Waals surface area contributed by atoms with Crippen molar-refractivity contribution < 1.29 is 9.15 Å². The number of ether oxygens (including phenoxy) is 1. The zero-order valence-electron chi connectivity index (χ0n) is 9.91. The van der Waals surface area contributed by atoms with E-state index in [-0.39, 0.29) is 0 Å². The fourth-order valence-corrected chi connectivity index (χ4v) is 2.73. The van der Waals surface area contributed by atoms with E-state index in [0.717, 1.165) is 30.8 Å². The fraction of sp³-hybridized carbons (Fsp3) is 0.385. The molecule has 0 spiro atoms. The lowest BCUT2D eigenvalue weighted by Gasteiger charge is -2.05. The smallest absolute Gasteiger partial charge is 0.276 e. The summed E-state index contributed by atoms with van der Waals surface area (Å²) in [5.74, 6) is 1.46. The Kier molecular flexibility index (Phi) is 3.61. The normalized spacial score (nSPS) is 19.2. The van der Waals surface area contributed by atoms with E-state index in [2.05, 4.69) is 10.2 Å². The summed E-state index contributed by atoms with van der Waals surface area (Å²) in [5.41, 5.74) is 0.953. The molecule has 0 amide bonds. The van der Waals surface area contributed by atoms with Gasteiger partial charge in [-0.3, -0.25) is 0 Å². The minimum absolute atomic E-state index is 0.335. The van der Waals surface area contributed by atoms with Crippen molar-refractivity contribution in [1.29, 1.82) is 0 Å². The van der Waals surface area contributed by atoms with Crippen LogP contribution in [0.3, 0.4) is 0 Å². The Balaban J connectivity index is 1.63. The molecule has 1 aromatic carbocycles. The molecule has 1 aromatic heterocycles. The SMILES string of the molecule is c1ccc(-c2nnc(SCC3CCCO3)o2)cc1. The van der Waals surface area contributed by atoms with Gasteiger partial charge >= 0.3 is 0 Å². The highest BCUT2D eigenvalue weighted by atomic mass is 32.2. The van der Waals surface area contributed by atoms with Crippen LogP contribution in [0.4, 0.5) is 0 Å². The second-order valence-corrected chi connectivity index (χ2v) is 5.16. The number of nitrogens with zero attached hydrogens (tertiary/aromatic N) is 2. The maximum absolute atomic E-state index is 5.61. The van der Waals surface area contributed by atoms with Crippen LogP contribution >= 0.6 is 11.8 Å². The quantitative estimate of drug-likeness (QED) is 0.793. The summed E-state index contributed by atoms with van der Waals surface area (Å²) in [6.45, 7) is 0.879. The second-order valence-electron chi connectivity index (χ2n) is 4.19. The molecule has 94 valence electrons. The van der Waals surface area contributed by atoms with Crippen molar-refractivity contribution in [2.75, 3.05) is 12.4 Å². The van der Waals surface area contributed by atoms with E-state index in [1.165, 1.54) is 0 Å². The van der Waals surface area contributed by atoms with Crippen LogP contribution in [-0.2, 0) is 4.74 Å². The highest BCUT2D eigenvalue weighted by Crippen LogP contribution is 2.25. The van der Waals surface area contributed by atoms with Crippen LogP contribution in [0.25, 0.3) is 11.5 Å². The molecule has 0 bridgehead atoms. The van der Waals surface area contributed by atoms with Gasteiger partial charge in [0.1, 0.15) is 0 Å². The first-order valence-corrected chi connectivity index (χ1v) is 7.04. The largest absolute Gasteiger partial charge is 0.411 e. The molecule has 0 radical (unpaired) electrons. The van der Waals surface area contributed by atoms with Crippen LogP contribution < -0.4 is 0 Å². The molecule has 5 heteroatoms. The highest BCUT2D eigenvalue weighted by molar-refractivity contribution is 7.99. The molecule has 2 heterocycles. The first-order valence-electron chi connectivity index (χ1n) is 6.05. The van der Waals surface area contributed by atoms with Gasteiger partial charge in [0.05, 0.1) is 6.10 Å². The molecule has 4 nitrogen and oxygen atoms in total. The zero-order valence-corrected chi connectivity index (χ0v) is 10.7. The minimum atomic E-state index is 0.335. The molecule has 2 aromatic rings. The van der Waals surface area contributed by atoms with Crippen LogP contribution in [0, 0.1) is 0 Å². The fourth-order valence-electron chi connectivity index (χ4n) is 1.91. The lowest BCUT2D eigenvalue weighted by atomic mass is 10.2. The summed E-state index contributed by atoms with van der Waals surface area (Å²) in [4.78, 5) is 0. The van der Waals surface area contributed by atoms with Gasteiger partial charge in [-0.1, -0.05) is 30.0 Å². The summed E-state index contributed by atoms with van der Waals surface area (Å²) >= 11 is 1.57. The van der Waals surface area contributed by atoms with Gasteiger partial charge in [-0.05, 0) is 25.0 Å². The first-order chi connectivity index (χ1) is 8.92. The first kappa shape index (κ1) is 11.7. The van der Waals surface area contributed by atoms with Crippen LogP contribution in [0.1, 0.15) is 12.8 Å². The van der Waals surface area contributed by atoms with E-state index in [1.807, 2.05) is 30.3 Å². The third-order valence-corrected chi connectivity index (χ3v) is 3.79. The van der Waals surface area contributed by atoms with Gasteiger partial charge in [-0.25, -0.2) is 0 Å². The summed E-state index contributed by atoms with van der Waals surface area (Å²) in [6, 6.07) is 9.80.